The van der Waals surface area contributed by atoms with Gasteiger partial charge in [-0.1, -0.05) is 0 Å². The average molecular weight is 242 g/mol. The first-order valence-electron chi connectivity index (χ1n) is 6.03. The van der Waals surface area contributed by atoms with Crippen molar-refractivity contribution in [2.75, 3.05) is 20.1 Å². The van der Waals surface area contributed by atoms with Crippen molar-refractivity contribution in [1.82, 2.24) is 9.80 Å². The van der Waals surface area contributed by atoms with E-state index in [2.05, 4.69) is 0 Å². The van der Waals surface area contributed by atoms with Gasteiger partial charge >= 0.3 is 5.97 Å². The number of carbonyl (C=O) groups excluding carboxylic acids is 1. The Morgan fingerprint density at radius 3 is 2.53 bits per heavy atom. The van der Waals surface area contributed by atoms with Gasteiger partial charge in [-0.05, 0) is 40.2 Å². The number of hydrogen-bond acceptors (Lipinski definition) is 3. The summed E-state index contributed by atoms with van der Waals surface area (Å²) in [6.07, 6.45) is 1.45. The molecule has 0 aromatic heterocycles. The van der Waals surface area contributed by atoms with Crippen molar-refractivity contribution in [3.63, 3.8) is 0 Å². The van der Waals surface area contributed by atoms with Gasteiger partial charge < -0.3 is 10.0 Å². The van der Waals surface area contributed by atoms with Crippen LogP contribution in [0.15, 0.2) is 0 Å². The van der Waals surface area contributed by atoms with Crippen LogP contribution in [0.25, 0.3) is 0 Å². The zero-order valence-electron chi connectivity index (χ0n) is 11.1. The first kappa shape index (κ1) is 14.0. The van der Waals surface area contributed by atoms with Crippen molar-refractivity contribution < 1.29 is 14.7 Å². The van der Waals surface area contributed by atoms with Crippen LogP contribution in [0.3, 0.4) is 0 Å². The Hall–Kier alpha value is -1.10. The number of nitrogens with zero attached hydrogens (tertiary/aromatic N) is 2. The highest BCUT2D eigenvalue weighted by molar-refractivity contribution is 5.82. The highest BCUT2D eigenvalue weighted by atomic mass is 16.4. The molecule has 1 unspecified atom stereocenters. The Labute approximate surface area is 102 Å². The Morgan fingerprint density at radius 1 is 1.47 bits per heavy atom. The minimum absolute atomic E-state index is 0.0191. The molecule has 0 bridgehead atoms. The molecule has 1 heterocycles. The molecule has 1 aliphatic rings. The quantitative estimate of drug-likeness (QED) is 0.792. The van der Waals surface area contributed by atoms with Crippen LogP contribution >= 0.6 is 0 Å². The van der Waals surface area contributed by atoms with E-state index in [0.717, 1.165) is 6.42 Å². The van der Waals surface area contributed by atoms with Gasteiger partial charge in [-0.15, -0.1) is 0 Å². The summed E-state index contributed by atoms with van der Waals surface area (Å²) in [5, 5.41) is 9.24. The summed E-state index contributed by atoms with van der Waals surface area (Å²) in [5.41, 5.74) is -0.881. The predicted octanol–water partition coefficient (Wildman–Crippen LogP) is 0.792. The Kier molecular flexibility index (Phi) is 4.14. The van der Waals surface area contributed by atoms with E-state index >= 15 is 0 Å². The van der Waals surface area contributed by atoms with Crippen LogP contribution in [0.4, 0.5) is 0 Å². The van der Waals surface area contributed by atoms with E-state index in [4.69, 9.17) is 0 Å². The van der Waals surface area contributed by atoms with Gasteiger partial charge in [-0.3, -0.25) is 14.5 Å². The molecule has 1 atom stereocenters. The van der Waals surface area contributed by atoms with Crippen molar-refractivity contribution in [2.24, 2.45) is 0 Å². The predicted molar refractivity (Wildman–Crippen MR) is 64.8 cm³/mol. The molecule has 98 valence electrons. The summed E-state index contributed by atoms with van der Waals surface area (Å²) in [5.74, 6) is -0.857. The molecule has 17 heavy (non-hydrogen) atoms. The summed E-state index contributed by atoms with van der Waals surface area (Å²) in [7, 11) is 1.75. The van der Waals surface area contributed by atoms with Gasteiger partial charge in [0.15, 0.2) is 0 Å². The molecular weight excluding hydrogens is 220 g/mol. The van der Waals surface area contributed by atoms with E-state index in [-0.39, 0.29) is 18.5 Å². The molecule has 5 heteroatoms. The molecule has 0 aromatic carbocycles. The molecule has 0 radical (unpaired) electrons. The second-order valence-corrected chi connectivity index (χ2v) is 5.20. The first-order valence-corrected chi connectivity index (χ1v) is 6.03. The van der Waals surface area contributed by atoms with E-state index in [0.29, 0.717) is 13.0 Å². The smallest absolute Gasteiger partial charge is 0.323 e. The second-order valence-electron chi connectivity index (χ2n) is 5.20. The van der Waals surface area contributed by atoms with E-state index in [1.165, 1.54) is 0 Å². The molecule has 1 fully saturated rings. The normalized spacial score (nSPS) is 25.2. The first-order chi connectivity index (χ1) is 7.79. The minimum atomic E-state index is -0.881. The largest absolute Gasteiger partial charge is 0.480 e. The molecule has 0 spiro atoms. The molecule has 1 amide bonds. The zero-order chi connectivity index (χ0) is 13.2. The molecule has 1 aliphatic heterocycles. The number of likely N-dealkylation sites (N-methyl/N-ethyl adjacent to an activating group) is 1. The lowest BCUT2D eigenvalue weighted by molar-refractivity contribution is -0.150. The summed E-state index contributed by atoms with van der Waals surface area (Å²) < 4.78 is 0. The summed E-state index contributed by atoms with van der Waals surface area (Å²) in [6.45, 7) is 6.46. The fourth-order valence-electron chi connectivity index (χ4n) is 2.08. The van der Waals surface area contributed by atoms with Crippen molar-refractivity contribution in [1.29, 1.82) is 0 Å². The lowest BCUT2D eigenvalue weighted by atomic mass is 9.99. The van der Waals surface area contributed by atoms with Gasteiger partial charge in [0.25, 0.3) is 0 Å². The summed E-state index contributed by atoms with van der Waals surface area (Å²) in [6, 6.07) is 0.140. The lowest BCUT2D eigenvalue weighted by Gasteiger charge is -2.32. The number of carboxylic acids is 1. The molecule has 1 rings (SSSR count). The van der Waals surface area contributed by atoms with E-state index in [1.807, 2.05) is 13.8 Å². The minimum Gasteiger partial charge on any atom is -0.480 e. The lowest BCUT2D eigenvalue weighted by Crippen LogP contribution is -2.52. The summed E-state index contributed by atoms with van der Waals surface area (Å²) >= 11 is 0. The fourth-order valence-corrected chi connectivity index (χ4v) is 2.08. The van der Waals surface area contributed by atoms with Crippen molar-refractivity contribution in [3.05, 3.63) is 0 Å². The van der Waals surface area contributed by atoms with Gasteiger partial charge in [0.05, 0.1) is 6.54 Å². The average Bonchev–Trinajstić information content (AvgIpc) is 2.60. The van der Waals surface area contributed by atoms with Crippen LogP contribution in [-0.4, -0.2) is 58.5 Å². The molecule has 5 nitrogen and oxygen atoms in total. The van der Waals surface area contributed by atoms with Crippen LogP contribution in [0.1, 0.15) is 33.6 Å². The monoisotopic (exact) mass is 242 g/mol. The molecule has 0 aromatic rings. The maximum Gasteiger partial charge on any atom is 0.323 e. The number of amides is 1. The van der Waals surface area contributed by atoms with Crippen LogP contribution in [0.2, 0.25) is 0 Å². The van der Waals surface area contributed by atoms with E-state index in [1.54, 1.807) is 23.8 Å². The van der Waals surface area contributed by atoms with Crippen LogP contribution in [-0.2, 0) is 9.59 Å². The highest BCUT2D eigenvalue weighted by Gasteiger charge is 2.44. The Balaban J connectivity index is 2.69. The van der Waals surface area contributed by atoms with E-state index in [9.17, 15) is 14.7 Å². The molecule has 1 N–H and O–H groups in total. The third-order valence-electron chi connectivity index (χ3n) is 3.74. The number of aliphatic carboxylic acids is 1. The number of carboxylic acid groups (broad SMARTS) is 1. The maximum atomic E-state index is 11.9. The van der Waals surface area contributed by atoms with Crippen LogP contribution in [0.5, 0.6) is 0 Å². The SMILES string of the molecule is CC(C)N(C)C(=O)CN1CCCC1(C)C(=O)O. The van der Waals surface area contributed by atoms with Gasteiger partial charge in [0.2, 0.25) is 5.91 Å². The van der Waals surface area contributed by atoms with Crippen molar-refractivity contribution >= 4 is 11.9 Å². The third-order valence-corrected chi connectivity index (χ3v) is 3.74. The zero-order valence-corrected chi connectivity index (χ0v) is 11.1. The standard InChI is InChI=1S/C12H22N2O3/c1-9(2)13(4)10(15)8-14-7-5-6-12(14,3)11(16)17/h9H,5-8H2,1-4H3,(H,16,17). The topological polar surface area (TPSA) is 60.9 Å². The Bertz CT molecular complexity index is 317. The number of likely N-dealkylation sites (tertiary alicyclic amines) is 1. The molecule has 1 saturated heterocycles. The number of carbonyl (C=O) groups is 2. The van der Waals surface area contributed by atoms with E-state index < -0.39 is 11.5 Å². The summed E-state index contributed by atoms with van der Waals surface area (Å²) in [4.78, 5) is 26.6. The van der Waals surface area contributed by atoms with Crippen molar-refractivity contribution in [2.45, 2.75) is 45.2 Å². The van der Waals surface area contributed by atoms with Crippen LogP contribution in [0, 0.1) is 0 Å². The molecular formula is C12H22N2O3. The maximum absolute atomic E-state index is 11.9. The van der Waals surface area contributed by atoms with Gasteiger partial charge in [0.1, 0.15) is 5.54 Å². The van der Waals surface area contributed by atoms with Gasteiger partial charge in [0, 0.05) is 13.1 Å². The molecule has 0 aliphatic carbocycles. The fraction of sp³-hybridized carbons (Fsp3) is 0.833. The number of hydrogen-bond donors (Lipinski definition) is 1. The molecule has 0 saturated carbocycles. The second kappa shape index (κ2) is 5.04. The number of rotatable bonds is 4. The third kappa shape index (κ3) is 2.77. The van der Waals surface area contributed by atoms with Crippen LogP contribution < -0.4 is 0 Å². The van der Waals surface area contributed by atoms with Gasteiger partial charge in [-0.2, -0.15) is 0 Å². The highest BCUT2D eigenvalue weighted by Crippen LogP contribution is 2.28. The Morgan fingerprint density at radius 2 is 2.06 bits per heavy atom. The van der Waals surface area contributed by atoms with Gasteiger partial charge in [-0.25, -0.2) is 0 Å². The van der Waals surface area contributed by atoms with Crippen molar-refractivity contribution in [3.8, 4) is 0 Å².